The largest absolute Gasteiger partial charge is 0.483 e. The summed E-state index contributed by atoms with van der Waals surface area (Å²) in [4.78, 5) is 23.5. The maximum atomic E-state index is 11.8. The lowest BCUT2D eigenvalue weighted by atomic mass is 10.1. The third-order valence-electron chi connectivity index (χ3n) is 3.45. The quantitative estimate of drug-likeness (QED) is 0.731. The van der Waals surface area contributed by atoms with Crippen molar-refractivity contribution in [1.82, 2.24) is 10.6 Å². The molecule has 2 aromatic carbocycles. The van der Waals surface area contributed by atoms with Gasteiger partial charge in [0.1, 0.15) is 11.5 Å². The summed E-state index contributed by atoms with van der Waals surface area (Å²) in [6, 6.07) is 13.6. The predicted molar refractivity (Wildman–Crippen MR) is 93.5 cm³/mol. The maximum absolute atomic E-state index is 11.8. The molecule has 0 unspecified atom stereocenters. The number of ether oxygens (including phenoxy) is 1. The van der Waals surface area contributed by atoms with Crippen LogP contribution in [0.4, 0.5) is 4.79 Å². The Morgan fingerprint density at radius 2 is 1.84 bits per heavy atom. The first kappa shape index (κ1) is 16.9. The lowest BCUT2D eigenvalue weighted by Crippen LogP contribution is -2.41. The molecule has 0 aliphatic heterocycles. The zero-order valence-corrected chi connectivity index (χ0v) is 13.9. The molecule has 0 spiro atoms. The third-order valence-corrected chi connectivity index (χ3v) is 3.78. The third kappa shape index (κ3) is 4.30. The lowest BCUT2D eigenvalue weighted by molar-refractivity contribution is -0.121. The van der Waals surface area contributed by atoms with E-state index in [4.69, 9.17) is 20.8 Å². The molecule has 128 valence electrons. The molecule has 0 aliphatic rings. The molecule has 0 saturated heterocycles. The van der Waals surface area contributed by atoms with E-state index in [0.29, 0.717) is 16.5 Å². The van der Waals surface area contributed by atoms with E-state index in [0.717, 1.165) is 10.8 Å². The molecule has 3 rings (SSSR count). The second-order valence-electron chi connectivity index (χ2n) is 5.19. The number of benzene rings is 2. The monoisotopic (exact) mass is 358 g/mol. The molecule has 0 aliphatic carbocycles. The van der Waals surface area contributed by atoms with Crippen LogP contribution >= 0.6 is 11.6 Å². The Balaban J connectivity index is 1.54. The van der Waals surface area contributed by atoms with Crippen molar-refractivity contribution in [2.24, 2.45) is 0 Å². The minimum absolute atomic E-state index is 0.189. The SMILES string of the molecule is O=C(COc1ccc(Cl)c2ccccc12)NC(=O)NCc1ccco1. The maximum Gasteiger partial charge on any atom is 0.321 e. The van der Waals surface area contributed by atoms with Crippen molar-refractivity contribution >= 4 is 34.3 Å². The van der Waals surface area contributed by atoms with Crippen LogP contribution in [0.5, 0.6) is 5.75 Å². The van der Waals surface area contributed by atoms with Gasteiger partial charge in [0.05, 0.1) is 12.8 Å². The Morgan fingerprint density at radius 3 is 2.60 bits per heavy atom. The van der Waals surface area contributed by atoms with Crippen LogP contribution in [0.1, 0.15) is 5.76 Å². The number of amides is 3. The van der Waals surface area contributed by atoms with Gasteiger partial charge in [-0.3, -0.25) is 10.1 Å². The van der Waals surface area contributed by atoms with Crippen molar-refractivity contribution in [3.63, 3.8) is 0 Å². The molecular weight excluding hydrogens is 344 g/mol. The number of halogens is 1. The molecule has 0 atom stereocenters. The minimum atomic E-state index is -0.619. The lowest BCUT2D eigenvalue weighted by Gasteiger charge is -2.10. The van der Waals surface area contributed by atoms with Crippen molar-refractivity contribution in [3.05, 3.63) is 65.6 Å². The second kappa shape index (κ2) is 7.72. The zero-order chi connectivity index (χ0) is 17.6. The number of carbonyl (C=O) groups is 2. The molecule has 2 N–H and O–H groups in total. The summed E-state index contributed by atoms with van der Waals surface area (Å²) in [6.45, 7) is -0.103. The first-order valence-electron chi connectivity index (χ1n) is 7.53. The van der Waals surface area contributed by atoms with Crippen molar-refractivity contribution in [3.8, 4) is 5.75 Å². The fraction of sp³-hybridized carbons (Fsp3) is 0.111. The van der Waals surface area contributed by atoms with Gasteiger partial charge in [-0.25, -0.2) is 4.79 Å². The van der Waals surface area contributed by atoms with Gasteiger partial charge in [0.2, 0.25) is 0 Å². The number of hydrogen-bond donors (Lipinski definition) is 2. The van der Waals surface area contributed by atoms with Gasteiger partial charge in [0, 0.05) is 15.8 Å². The van der Waals surface area contributed by atoms with Crippen molar-refractivity contribution in [2.75, 3.05) is 6.61 Å². The van der Waals surface area contributed by atoms with Gasteiger partial charge < -0.3 is 14.5 Å². The second-order valence-corrected chi connectivity index (χ2v) is 5.60. The standard InChI is InChI=1S/C18H15ClN2O4/c19-15-7-8-16(14-6-2-1-5-13(14)15)25-11-17(22)21-18(23)20-10-12-4-3-9-24-12/h1-9H,10-11H2,(H2,20,21,22,23). The summed E-state index contributed by atoms with van der Waals surface area (Å²) in [6.07, 6.45) is 1.50. The van der Waals surface area contributed by atoms with E-state index in [-0.39, 0.29) is 13.2 Å². The Hall–Kier alpha value is -2.99. The summed E-state index contributed by atoms with van der Waals surface area (Å²) in [7, 11) is 0. The van der Waals surface area contributed by atoms with Gasteiger partial charge in [0.25, 0.3) is 5.91 Å². The summed E-state index contributed by atoms with van der Waals surface area (Å²) in [5.41, 5.74) is 0. The van der Waals surface area contributed by atoms with Crippen LogP contribution in [-0.2, 0) is 11.3 Å². The number of rotatable bonds is 5. The zero-order valence-electron chi connectivity index (χ0n) is 13.1. The topological polar surface area (TPSA) is 80.6 Å². The van der Waals surface area contributed by atoms with E-state index in [1.165, 1.54) is 6.26 Å². The fourth-order valence-electron chi connectivity index (χ4n) is 2.29. The summed E-state index contributed by atoms with van der Waals surface area (Å²) >= 11 is 6.14. The predicted octanol–water partition coefficient (Wildman–Crippen LogP) is 3.49. The van der Waals surface area contributed by atoms with Gasteiger partial charge in [-0.05, 0) is 24.3 Å². The van der Waals surface area contributed by atoms with Crippen LogP contribution in [0.15, 0.2) is 59.2 Å². The number of furan rings is 1. The van der Waals surface area contributed by atoms with E-state index in [2.05, 4.69) is 10.6 Å². The number of nitrogens with one attached hydrogen (secondary N) is 2. The molecule has 0 fully saturated rings. The highest BCUT2D eigenvalue weighted by molar-refractivity contribution is 6.35. The molecule has 0 bridgehead atoms. The van der Waals surface area contributed by atoms with Crippen molar-refractivity contribution in [1.29, 1.82) is 0 Å². The van der Waals surface area contributed by atoms with Gasteiger partial charge >= 0.3 is 6.03 Å². The average Bonchev–Trinajstić information content (AvgIpc) is 3.13. The van der Waals surface area contributed by atoms with Crippen LogP contribution in [0.3, 0.4) is 0 Å². The molecule has 3 aromatic rings. The Labute approximate surface area is 148 Å². The molecule has 0 saturated carbocycles. The number of carbonyl (C=O) groups excluding carboxylic acids is 2. The summed E-state index contributed by atoms with van der Waals surface area (Å²) < 4.78 is 10.6. The van der Waals surface area contributed by atoms with Crippen LogP contribution in [0, 0.1) is 0 Å². The number of urea groups is 1. The van der Waals surface area contributed by atoms with E-state index < -0.39 is 11.9 Å². The first-order chi connectivity index (χ1) is 12.1. The van der Waals surface area contributed by atoms with Crippen molar-refractivity contribution in [2.45, 2.75) is 6.54 Å². The Bertz CT molecular complexity index is 893. The molecule has 1 heterocycles. The summed E-state index contributed by atoms with van der Waals surface area (Å²) in [5, 5.41) is 6.93. The number of fused-ring (bicyclic) bond motifs is 1. The smallest absolute Gasteiger partial charge is 0.321 e. The van der Waals surface area contributed by atoms with E-state index in [9.17, 15) is 9.59 Å². The highest BCUT2D eigenvalue weighted by Gasteiger charge is 2.11. The molecule has 3 amide bonds. The van der Waals surface area contributed by atoms with Gasteiger partial charge in [-0.2, -0.15) is 0 Å². The molecular formula is C18H15ClN2O4. The van der Waals surface area contributed by atoms with Crippen LogP contribution in [0.25, 0.3) is 10.8 Å². The van der Waals surface area contributed by atoms with Crippen LogP contribution in [0.2, 0.25) is 5.02 Å². The first-order valence-corrected chi connectivity index (χ1v) is 7.91. The highest BCUT2D eigenvalue weighted by atomic mass is 35.5. The number of imide groups is 1. The van der Waals surface area contributed by atoms with Crippen LogP contribution in [-0.4, -0.2) is 18.5 Å². The Morgan fingerprint density at radius 1 is 1.04 bits per heavy atom. The minimum Gasteiger partial charge on any atom is -0.483 e. The van der Waals surface area contributed by atoms with Gasteiger partial charge in [0.15, 0.2) is 6.61 Å². The van der Waals surface area contributed by atoms with E-state index >= 15 is 0 Å². The molecule has 25 heavy (non-hydrogen) atoms. The van der Waals surface area contributed by atoms with E-state index in [1.807, 2.05) is 24.3 Å². The normalized spacial score (nSPS) is 10.4. The number of hydrogen-bond acceptors (Lipinski definition) is 4. The fourth-order valence-corrected chi connectivity index (χ4v) is 2.52. The van der Waals surface area contributed by atoms with Crippen LogP contribution < -0.4 is 15.4 Å². The molecule has 6 nitrogen and oxygen atoms in total. The van der Waals surface area contributed by atoms with Gasteiger partial charge in [-0.1, -0.05) is 35.9 Å². The highest BCUT2D eigenvalue weighted by Crippen LogP contribution is 2.31. The molecule has 0 radical (unpaired) electrons. The van der Waals surface area contributed by atoms with Crippen molar-refractivity contribution < 1.29 is 18.7 Å². The Kier molecular flexibility index (Phi) is 5.20. The average molecular weight is 359 g/mol. The summed E-state index contributed by atoms with van der Waals surface area (Å²) in [5.74, 6) is 0.550. The van der Waals surface area contributed by atoms with Gasteiger partial charge in [-0.15, -0.1) is 0 Å². The van der Waals surface area contributed by atoms with E-state index in [1.54, 1.807) is 24.3 Å². The molecule has 1 aromatic heterocycles. The molecule has 7 heteroatoms.